The molecule has 0 radical (unpaired) electrons. The van der Waals surface area contributed by atoms with Gasteiger partial charge in [0.1, 0.15) is 0 Å². The van der Waals surface area contributed by atoms with Gasteiger partial charge in [-0.1, -0.05) is 12.1 Å². The van der Waals surface area contributed by atoms with Crippen LogP contribution in [-0.2, 0) is 22.6 Å². The number of nitrogens with zero attached hydrogens (tertiary/aromatic N) is 1. The van der Waals surface area contributed by atoms with Gasteiger partial charge in [-0.05, 0) is 35.9 Å². The SMILES string of the molecule is O=S(=O)(Nc1ncc(Cc2ccc(F)c(F)c2)s1)c1cccc(C(F)(F)F)c1. The number of rotatable bonds is 5. The van der Waals surface area contributed by atoms with Gasteiger partial charge in [0.25, 0.3) is 10.0 Å². The van der Waals surface area contributed by atoms with Crippen molar-refractivity contribution in [1.82, 2.24) is 4.98 Å². The van der Waals surface area contributed by atoms with E-state index < -0.39 is 38.3 Å². The summed E-state index contributed by atoms with van der Waals surface area (Å²) >= 11 is 0.929. The van der Waals surface area contributed by atoms with Crippen LogP contribution in [0.5, 0.6) is 0 Å². The van der Waals surface area contributed by atoms with E-state index in [2.05, 4.69) is 9.71 Å². The van der Waals surface area contributed by atoms with Crippen molar-refractivity contribution in [1.29, 1.82) is 0 Å². The van der Waals surface area contributed by atoms with Crippen LogP contribution >= 0.6 is 11.3 Å². The smallest absolute Gasteiger partial charge is 0.255 e. The second-order valence-corrected chi connectivity index (χ2v) is 8.49. The summed E-state index contributed by atoms with van der Waals surface area (Å²) in [6, 6.07) is 6.69. The number of anilines is 1. The van der Waals surface area contributed by atoms with Crippen LogP contribution in [0.2, 0.25) is 0 Å². The molecule has 0 fully saturated rings. The zero-order valence-corrected chi connectivity index (χ0v) is 15.4. The highest BCUT2D eigenvalue weighted by Crippen LogP contribution is 2.31. The molecule has 0 bridgehead atoms. The predicted octanol–water partition coefficient (Wildman–Crippen LogP) is 4.83. The number of sulfonamides is 1. The van der Waals surface area contributed by atoms with E-state index in [0.717, 1.165) is 41.7 Å². The van der Waals surface area contributed by atoms with Crippen LogP contribution in [0.4, 0.5) is 27.1 Å². The predicted molar refractivity (Wildman–Crippen MR) is 93.5 cm³/mol. The number of thiazole rings is 1. The highest BCUT2D eigenvalue weighted by Gasteiger charge is 2.31. The largest absolute Gasteiger partial charge is 0.416 e. The van der Waals surface area contributed by atoms with E-state index >= 15 is 0 Å². The Morgan fingerprint density at radius 2 is 1.79 bits per heavy atom. The molecule has 1 heterocycles. The summed E-state index contributed by atoms with van der Waals surface area (Å²) in [5.41, 5.74) is -0.636. The van der Waals surface area contributed by atoms with Crippen LogP contribution in [0.15, 0.2) is 53.6 Å². The van der Waals surface area contributed by atoms with Gasteiger partial charge in [-0.15, -0.1) is 11.3 Å². The summed E-state index contributed by atoms with van der Waals surface area (Å²) in [6.45, 7) is 0. The standard InChI is InChI=1S/C17H11F5N2O2S2/c18-14-5-4-10(7-15(14)19)6-12-9-23-16(27-12)24-28(25,26)13-3-1-2-11(8-13)17(20,21)22/h1-5,7-9H,6H2,(H,23,24). The lowest BCUT2D eigenvalue weighted by molar-refractivity contribution is -0.137. The summed E-state index contributed by atoms with van der Waals surface area (Å²) in [5.74, 6) is -1.99. The first kappa shape index (κ1) is 20.2. The molecule has 2 aromatic carbocycles. The van der Waals surface area contributed by atoms with Crippen molar-refractivity contribution in [2.45, 2.75) is 17.5 Å². The molecule has 1 aromatic heterocycles. The van der Waals surface area contributed by atoms with Crippen LogP contribution < -0.4 is 4.72 Å². The van der Waals surface area contributed by atoms with E-state index in [1.54, 1.807) is 0 Å². The summed E-state index contributed by atoms with van der Waals surface area (Å²) in [5, 5.41) is -0.0602. The maximum absolute atomic E-state index is 13.3. The van der Waals surface area contributed by atoms with Gasteiger partial charge >= 0.3 is 6.18 Å². The first-order valence-corrected chi connectivity index (χ1v) is 9.93. The Hall–Kier alpha value is -2.53. The molecule has 3 aromatic rings. The molecular weight excluding hydrogens is 423 g/mol. The molecule has 0 aliphatic heterocycles. The van der Waals surface area contributed by atoms with E-state index in [1.807, 2.05) is 0 Å². The number of nitrogens with one attached hydrogen (secondary N) is 1. The van der Waals surface area contributed by atoms with Crippen molar-refractivity contribution < 1.29 is 30.4 Å². The Kier molecular flexibility index (Phi) is 5.39. The minimum absolute atomic E-state index is 0.0602. The average molecular weight is 434 g/mol. The molecule has 0 unspecified atom stereocenters. The van der Waals surface area contributed by atoms with E-state index in [0.29, 0.717) is 16.5 Å². The molecule has 0 aliphatic rings. The number of alkyl halides is 3. The molecule has 0 saturated carbocycles. The molecule has 0 amide bonds. The van der Waals surface area contributed by atoms with Crippen LogP contribution in [-0.4, -0.2) is 13.4 Å². The highest BCUT2D eigenvalue weighted by atomic mass is 32.2. The van der Waals surface area contributed by atoms with Crippen molar-refractivity contribution in [3.05, 3.63) is 76.3 Å². The quantitative estimate of drug-likeness (QED) is 0.585. The molecule has 28 heavy (non-hydrogen) atoms. The molecule has 3 rings (SSSR count). The summed E-state index contributed by atoms with van der Waals surface area (Å²) in [6.07, 6.45) is -3.15. The fraction of sp³-hybridized carbons (Fsp3) is 0.118. The minimum Gasteiger partial charge on any atom is -0.255 e. The Morgan fingerprint density at radius 1 is 1.04 bits per heavy atom. The van der Waals surface area contributed by atoms with Crippen molar-refractivity contribution >= 4 is 26.5 Å². The number of halogens is 5. The Labute approximate surface area is 160 Å². The Bertz CT molecular complexity index is 1110. The topological polar surface area (TPSA) is 59.1 Å². The second-order valence-electron chi connectivity index (χ2n) is 5.69. The first-order chi connectivity index (χ1) is 13.0. The number of aromatic nitrogens is 1. The van der Waals surface area contributed by atoms with Crippen molar-refractivity contribution in [2.75, 3.05) is 4.72 Å². The summed E-state index contributed by atoms with van der Waals surface area (Å²) in [7, 11) is -4.28. The van der Waals surface area contributed by atoms with E-state index in [4.69, 9.17) is 0 Å². The molecule has 1 N–H and O–H groups in total. The molecule has 0 atom stereocenters. The van der Waals surface area contributed by atoms with Gasteiger partial charge in [0.05, 0.1) is 10.5 Å². The molecule has 0 saturated heterocycles. The monoisotopic (exact) mass is 434 g/mol. The number of benzene rings is 2. The Morgan fingerprint density at radius 3 is 2.46 bits per heavy atom. The van der Waals surface area contributed by atoms with E-state index in [-0.39, 0.29) is 11.6 Å². The molecule has 148 valence electrons. The zero-order chi connectivity index (χ0) is 20.5. The van der Waals surface area contributed by atoms with E-state index in [9.17, 15) is 30.4 Å². The normalized spacial score (nSPS) is 12.2. The molecule has 0 aliphatic carbocycles. The minimum atomic E-state index is -4.68. The van der Waals surface area contributed by atoms with Gasteiger partial charge < -0.3 is 0 Å². The maximum Gasteiger partial charge on any atom is 0.416 e. The first-order valence-electron chi connectivity index (χ1n) is 7.63. The third kappa shape index (κ3) is 4.65. The number of hydrogen-bond acceptors (Lipinski definition) is 4. The van der Waals surface area contributed by atoms with Gasteiger partial charge in [0, 0.05) is 17.5 Å². The second kappa shape index (κ2) is 7.47. The third-order valence-electron chi connectivity index (χ3n) is 3.61. The lowest BCUT2D eigenvalue weighted by Gasteiger charge is -2.09. The number of hydrogen-bond donors (Lipinski definition) is 1. The van der Waals surface area contributed by atoms with Crippen LogP contribution in [0.3, 0.4) is 0 Å². The lowest BCUT2D eigenvalue weighted by Crippen LogP contribution is -2.14. The van der Waals surface area contributed by atoms with Crippen molar-refractivity contribution in [3.8, 4) is 0 Å². The van der Waals surface area contributed by atoms with Gasteiger partial charge in [-0.2, -0.15) is 13.2 Å². The van der Waals surface area contributed by atoms with E-state index in [1.165, 1.54) is 12.3 Å². The molecule has 0 spiro atoms. The van der Waals surface area contributed by atoms with Crippen molar-refractivity contribution in [2.24, 2.45) is 0 Å². The van der Waals surface area contributed by atoms with Gasteiger partial charge in [0.2, 0.25) is 0 Å². The highest BCUT2D eigenvalue weighted by molar-refractivity contribution is 7.93. The van der Waals surface area contributed by atoms with Crippen LogP contribution in [0, 0.1) is 11.6 Å². The fourth-order valence-corrected chi connectivity index (χ4v) is 4.43. The van der Waals surface area contributed by atoms with Crippen LogP contribution in [0.25, 0.3) is 0 Å². The van der Waals surface area contributed by atoms with Gasteiger partial charge in [-0.3, -0.25) is 4.72 Å². The zero-order valence-electron chi connectivity index (χ0n) is 13.8. The average Bonchev–Trinajstić information content (AvgIpc) is 3.04. The fourth-order valence-electron chi connectivity index (χ4n) is 2.30. The molecule has 4 nitrogen and oxygen atoms in total. The lowest BCUT2D eigenvalue weighted by atomic mass is 10.1. The maximum atomic E-state index is 13.3. The Balaban J connectivity index is 1.78. The van der Waals surface area contributed by atoms with Gasteiger partial charge in [0.15, 0.2) is 16.8 Å². The summed E-state index contributed by atoms with van der Waals surface area (Å²) in [4.78, 5) is 3.87. The molecule has 11 heteroatoms. The summed E-state index contributed by atoms with van der Waals surface area (Å²) < 4.78 is 91.3. The molecular formula is C17H11F5N2O2S2. The van der Waals surface area contributed by atoms with Crippen molar-refractivity contribution in [3.63, 3.8) is 0 Å². The third-order valence-corrected chi connectivity index (χ3v) is 5.99. The van der Waals surface area contributed by atoms with Gasteiger partial charge in [-0.25, -0.2) is 22.2 Å². The van der Waals surface area contributed by atoms with Crippen LogP contribution in [0.1, 0.15) is 16.0 Å².